The number of carbonyl (C=O) groups is 1. The topological polar surface area (TPSA) is 110 Å². The van der Waals surface area contributed by atoms with Gasteiger partial charge in [-0.25, -0.2) is 8.78 Å². The van der Waals surface area contributed by atoms with Gasteiger partial charge < -0.3 is 34.2 Å². The van der Waals surface area contributed by atoms with Crippen molar-refractivity contribution in [2.24, 2.45) is 22.9 Å². The number of halogens is 2. The number of nitrogens with zero attached hydrogens (tertiary/aromatic N) is 2. The van der Waals surface area contributed by atoms with E-state index in [0.29, 0.717) is 42.0 Å². The maximum absolute atomic E-state index is 15.3. The summed E-state index contributed by atoms with van der Waals surface area (Å²) in [6.07, 6.45) is 19.0. The summed E-state index contributed by atoms with van der Waals surface area (Å²) in [7, 11) is 0. The largest absolute Gasteiger partial charge is 0.489 e. The lowest BCUT2D eigenvalue weighted by Crippen LogP contribution is -2.70. The van der Waals surface area contributed by atoms with Crippen molar-refractivity contribution in [3.63, 3.8) is 0 Å². The number of oxime groups is 1. The molecule has 4 aromatic rings. The molecule has 1 saturated carbocycles. The van der Waals surface area contributed by atoms with Crippen LogP contribution in [0.2, 0.25) is 0 Å². The fourth-order valence-corrected chi connectivity index (χ4v) is 11.2. The molecule has 0 saturated heterocycles. The van der Waals surface area contributed by atoms with E-state index in [4.69, 9.17) is 24.2 Å². The summed E-state index contributed by atoms with van der Waals surface area (Å²) >= 11 is 0. The minimum absolute atomic E-state index is 0.00127. The highest BCUT2D eigenvalue weighted by atomic mass is 19.1. The van der Waals surface area contributed by atoms with E-state index in [2.05, 4.69) is 19.6 Å². The number of rotatable bonds is 30. The van der Waals surface area contributed by atoms with E-state index < -0.39 is 17.7 Å². The third-order valence-corrected chi connectivity index (χ3v) is 14.7. The monoisotopic (exact) mass is 975 g/mol. The third-order valence-electron chi connectivity index (χ3n) is 14.7. The molecular weight excluding hydrogens is 899 g/mol. The molecule has 0 spiro atoms. The van der Waals surface area contributed by atoms with Crippen LogP contribution in [-0.4, -0.2) is 58.4 Å². The van der Waals surface area contributed by atoms with Gasteiger partial charge in [-0.15, -0.1) is 6.58 Å². The molecule has 1 heterocycles. The fraction of sp³-hybridized carbons (Fsp3) is 0.500. The number of benzene rings is 4. The Morgan fingerprint density at radius 2 is 1.52 bits per heavy atom. The van der Waals surface area contributed by atoms with Crippen molar-refractivity contribution in [3.05, 3.63) is 155 Å². The predicted octanol–water partition coefficient (Wildman–Crippen LogP) is 13.3. The highest BCUT2D eigenvalue weighted by molar-refractivity contribution is 6.03. The zero-order valence-corrected chi connectivity index (χ0v) is 41.8. The van der Waals surface area contributed by atoms with Gasteiger partial charge in [0.1, 0.15) is 42.4 Å². The number of hydrogen-bond acceptors (Lipinski definition) is 8. The maximum Gasteiger partial charge on any atom is 0.239 e. The summed E-state index contributed by atoms with van der Waals surface area (Å²) in [6.45, 7) is 7.02. The predicted molar refractivity (Wildman–Crippen MR) is 276 cm³/mol. The van der Waals surface area contributed by atoms with Crippen molar-refractivity contribution in [1.29, 1.82) is 0 Å². The summed E-state index contributed by atoms with van der Waals surface area (Å²) in [5, 5.41) is 25.1. The molecular formula is C60H76F2N2O7. The molecule has 7 rings (SSSR count). The Bertz CT molecular complexity index is 2340. The first kappa shape index (κ1) is 53.4. The molecule has 0 aromatic heterocycles. The van der Waals surface area contributed by atoms with Crippen molar-refractivity contribution in [3.8, 4) is 11.5 Å². The SMILES string of the molecule is C=CCO[C@@]12Oc3ccc(OCc4ccccc4F)cc3[C@H]3[C@H](CCCCO)[C@@H](CCCCO)C=C(C(=NOCc4ccccc4)C[C@@H]1N(Cc1ccc(F)cc1)C(=O)CCCCCCCCCCC)[C@H]32. The van der Waals surface area contributed by atoms with Crippen LogP contribution in [0.4, 0.5) is 8.78 Å². The Morgan fingerprint density at radius 1 is 0.817 bits per heavy atom. The molecule has 1 fully saturated rings. The number of amides is 1. The van der Waals surface area contributed by atoms with Crippen LogP contribution in [-0.2, 0) is 34.1 Å². The lowest BCUT2D eigenvalue weighted by molar-refractivity contribution is -0.258. The molecule has 6 atom stereocenters. The smallest absolute Gasteiger partial charge is 0.239 e. The van der Waals surface area contributed by atoms with Gasteiger partial charge in [0.2, 0.25) is 11.7 Å². The van der Waals surface area contributed by atoms with E-state index in [-0.39, 0.29) is 81.3 Å². The van der Waals surface area contributed by atoms with Crippen LogP contribution in [0.25, 0.3) is 0 Å². The highest BCUT2D eigenvalue weighted by Gasteiger charge is 2.65. The van der Waals surface area contributed by atoms with Crippen LogP contribution in [0.15, 0.2) is 127 Å². The van der Waals surface area contributed by atoms with Crippen LogP contribution in [0.5, 0.6) is 11.5 Å². The van der Waals surface area contributed by atoms with Crippen LogP contribution in [0, 0.1) is 29.4 Å². The van der Waals surface area contributed by atoms with Crippen LogP contribution >= 0.6 is 0 Å². The average molecular weight is 975 g/mol. The number of carbonyl (C=O) groups excluding carboxylic acids is 1. The number of unbranched alkanes of at least 4 members (excludes halogenated alkanes) is 10. The van der Waals surface area contributed by atoms with Gasteiger partial charge >= 0.3 is 0 Å². The van der Waals surface area contributed by atoms with Gasteiger partial charge in [-0.3, -0.25) is 4.79 Å². The molecule has 2 N–H and O–H groups in total. The summed E-state index contributed by atoms with van der Waals surface area (Å²) < 4.78 is 50.5. The first-order valence-electron chi connectivity index (χ1n) is 26.4. The van der Waals surface area contributed by atoms with Crippen LogP contribution < -0.4 is 9.47 Å². The molecule has 1 aliphatic heterocycles. The van der Waals surface area contributed by atoms with E-state index in [1.165, 1.54) is 50.3 Å². The zero-order chi connectivity index (χ0) is 49.8. The molecule has 4 aromatic carbocycles. The second-order valence-corrected chi connectivity index (χ2v) is 19.6. The second-order valence-electron chi connectivity index (χ2n) is 19.6. The van der Waals surface area contributed by atoms with Crippen LogP contribution in [0.1, 0.15) is 144 Å². The van der Waals surface area contributed by atoms with Crippen LogP contribution in [0.3, 0.4) is 0 Å². The minimum atomic E-state index is -1.47. The van der Waals surface area contributed by atoms with Gasteiger partial charge in [-0.2, -0.15) is 0 Å². The Balaban J connectivity index is 1.37. The van der Waals surface area contributed by atoms with Gasteiger partial charge in [0.25, 0.3) is 0 Å². The minimum Gasteiger partial charge on any atom is -0.489 e. The number of allylic oxidation sites excluding steroid dienone is 1. The van der Waals surface area contributed by atoms with Crippen molar-refractivity contribution < 1.29 is 42.8 Å². The first-order chi connectivity index (χ1) is 34.8. The van der Waals surface area contributed by atoms with E-state index >= 15 is 4.79 Å². The molecule has 0 unspecified atom stereocenters. The standard InChI is InChI=1S/C60H76F2N2O7/c1-3-5-6-7-8-9-10-11-15-28-57(67)64(41-44-29-31-48(61)32-30-44)56-40-54(63-70-42-45-22-13-12-14-23-45)51-38-46(24-18-20-35-65)50(26-19-21-36-66)58-52-39-49(68-43-47-25-16-17-27-53(47)62)33-34-55(52)71-60(56,59(51)58)69-37-4-2/h4,12-14,16-17,22-23,25,27,29-34,38-39,46,50,56,58-59,65-66H,2-3,5-11,15,18-21,24,26,28,35-37,40-43H2,1H3/t46-,50+,56-,58+,59+,60+/m0/s1. The van der Waals surface area contributed by atoms with Crippen molar-refractivity contribution in [1.82, 2.24) is 4.90 Å². The molecule has 11 heteroatoms. The quantitative estimate of drug-likeness (QED) is 0.0304. The first-order valence-corrected chi connectivity index (χ1v) is 26.4. The van der Waals surface area contributed by atoms with Gasteiger partial charge in [0.15, 0.2) is 0 Å². The number of aliphatic hydroxyl groups excluding tert-OH is 2. The molecule has 1 amide bonds. The van der Waals surface area contributed by atoms with Gasteiger partial charge in [0.05, 0.1) is 18.2 Å². The van der Waals surface area contributed by atoms with E-state index in [0.717, 1.165) is 73.6 Å². The lowest BCUT2D eigenvalue weighted by atomic mass is 9.55. The van der Waals surface area contributed by atoms with Crippen molar-refractivity contribution in [2.75, 3.05) is 19.8 Å². The van der Waals surface area contributed by atoms with E-state index in [1.807, 2.05) is 53.4 Å². The Labute approximate surface area is 420 Å². The molecule has 3 aliphatic rings. The Kier molecular flexibility index (Phi) is 20.7. The zero-order valence-electron chi connectivity index (χ0n) is 41.8. The maximum atomic E-state index is 15.3. The average Bonchev–Trinajstić information content (AvgIpc) is 3.38. The molecule has 0 bridgehead atoms. The number of fused-ring (bicyclic) bond motifs is 2. The number of hydrogen-bond donors (Lipinski definition) is 2. The summed E-state index contributed by atoms with van der Waals surface area (Å²) in [6, 6.07) is 27.8. The van der Waals surface area contributed by atoms with Crippen molar-refractivity contribution in [2.45, 2.75) is 154 Å². The van der Waals surface area contributed by atoms with E-state index in [1.54, 1.807) is 36.4 Å². The second kappa shape index (κ2) is 27.5. The van der Waals surface area contributed by atoms with E-state index in [9.17, 15) is 19.0 Å². The normalized spacial score (nSPS) is 21.7. The summed E-state index contributed by atoms with van der Waals surface area (Å²) in [4.78, 5) is 23.4. The Hall–Kier alpha value is -5.36. The van der Waals surface area contributed by atoms with Crippen molar-refractivity contribution >= 4 is 11.6 Å². The molecule has 71 heavy (non-hydrogen) atoms. The molecule has 2 aliphatic carbocycles. The summed E-state index contributed by atoms with van der Waals surface area (Å²) in [5.41, 5.74) is 4.69. The Morgan fingerprint density at radius 3 is 2.24 bits per heavy atom. The number of aliphatic hydroxyl groups is 2. The molecule has 382 valence electrons. The van der Waals surface area contributed by atoms with Gasteiger partial charge in [-0.1, -0.05) is 149 Å². The highest BCUT2D eigenvalue weighted by Crippen LogP contribution is 2.62. The summed E-state index contributed by atoms with van der Waals surface area (Å²) in [5.74, 6) is -1.86. The lowest BCUT2D eigenvalue weighted by Gasteiger charge is -2.60. The molecule has 0 radical (unpaired) electrons. The van der Waals surface area contributed by atoms with Gasteiger partial charge in [-0.05, 0) is 97.0 Å². The number of ether oxygens (including phenoxy) is 3. The van der Waals surface area contributed by atoms with Gasteiger partial charge in [0, 0.05) is 49.6 Å². The third kappa shape index (κ3) is 14.0. The molecule has 9 nitrogen and oxygen atoms in total. The fourth-order valence-electron chi connectivity index (χ4n) is 11.2.